The van der Waals surface area contributed by atoms with E-state index < -0.39 is 0 Å². The van der Waals surface area contributed by atoms with Crippen molar-refractivity contribution in [3.05, 3.63) is 58.8 Å². The first-order valence-corrected chi connectivity index (χ1v) is 10.2. The first-order chi connectivity index (χ1) is 14.9. The van der Waals surface area contributed by atoms with Crippen molar-refractivity contribution in [2.45, 2.75) is 26.8 Å². The van der Waals surface area contributed by atoms with Crippen LogP contribution in [-0.4, -0.2) is 46.8 Å². The van der Waals surface area contributed by atoms with Gasteiger partial charge < -0.3 is 14.4 Å². The summed E-state index contributed by atoms with van der Waals surface area (Å²) in [5, 5.41) is 0. The second-order valence-corrected chi connectivity index (χ2v) is 8.44. The highest BCUT2D eigenvalue weighted by Gasteiger charge is 2.32. The fraction of sp³-hybridized carbons (Fsp3) is 0.391. The van der Waals surface area contributed by atoms with E-state index in [4.69, 9.17) is 14.5 Å². The number of fused-ring (bicyclic) bond motifs is 1. The Morgan fingerprint density at radius 1 is 1.06 bits per heavy atom. The number of nitrogens with zero attached hydrogens (tertiary/aromatic N) is 5. The minimum Gasteiger partial charge on any atom is -0.496 e. The van der Waals surface area contributed by atoms with Gasteiger partial charge in [0.25, 0.3) is 5.56 Å². The van der Waals surface area contributed by atoms with Crippen molar-refractivity contribution in [2.24, 2.45) is 5.41 Å². The van der Waals surface area contributed by atoms with Gasteiger partial charge in [-0.2, -0.15) is 0 Å². The molecule has 8 nitrogen and oxygen atoms in total. The second-order valence-electron chi connectivity index (χ2n) is 8.44. The van der Waals surface area contributed by atoms with E-state index in [2.05, 4.69) is 28.7 Å². The van der Waals surface area contributed by atoms with E-state index in [0.29, 0.717) is 36.8 Å². The number of hydrogen-bond donors (Lipinski definition) is 0. The van der Waals surface area contributed by atoms with E-state index in [1.165, 1.54) is 6.33 Å². The Bertz CT molecular complexity index is 1110. The zero-order valence-electron chi connectivity index (χ0n) is 18.3. The molecule has 0 saturated carbocycles. The van der Waals surface area contributed by atoms with Crippen LogP contribution >= 0.6 is 0 Å². The van der Waals surface area contributed by atoms with Crippen molar-refractivity contribution in [1.82, 2.24) is 19.5 Å². The summed E-state index contributed by atoms with van der Waals surface area (Å²) in [6.07, 6.45) is 3.80. The third-order valence-electron chi connectivity index (χ3n) is 5.48. The highest BCUT2D eigenvalue weighted by molar-refractivity contribution is 5.55. The van der Waals surface area contributed by atoms with Crippen LogP contribution in [0.15, 0.2) is 47.7 Å². The molecule has 0 aliphatic carbocycles. The summed E-state index contributed by atoms with van der Waals surface area (Å²) in [5.74, 6) is 2.24. The zero-order chi connectivity index (χ0) is 22.0. The summed E-state index contributed by atoms with van der Waals surface area (Å²) in [6.45, 7) is 6.39. The topological polar surface area (TPSA) is 82.4 Å². The van der Waals surface area contributed by atoms with Gasteiger partial charge in [-0.3, -0.25) is 9.36 Å². The van der Waals surface area contributed by atoms with Gasteiger partial charge in [0, 0.05) is 42.9 Å². The first kappa shape index (κ1) is 20.8. The molecule has 0 amide bonds. The number of aromatic nitrogens is 4. The molecule has 162 valence electrons. The highest BCUT2D eigenvalue weighted by Crippen LogP contribution is 2.32. The Balaban J connectivity index is 1.72. The highest BCUT2D eigenvalue weighted by atomic mass is 16.5. The number of anilines is 1. The molecule has 1 aliphatic rings. The van der Waals surface area contributed by atoms with Crippen molar-refractivity contribution < 1.29 is 9.47 Å². The van der Waals surface area contributed by atoms with Gasteiger partial charge in [-0.25, -0.2) is 15.0 Å². The van der Waals surface area contributed by atoms with Gasteiger partial charge >= 0.3 is 0 Å². The molecule has 8 heteroatoms. The lowest BCUT2D eigenvalue weighted by molar-refractivity contribution is 0.274. The molecule has 1 aromatic carbocycles. The quantitative estimate of drug-likeness (QED) is 0.605. The molecular formula is C23H27N5O3. The van der Waals surface area contributed by atoms with Crippen LogP contribution in [0.2, 0.25) is 0 Å². The monoisotopic (exact) mass is 421 g/mol. The predicted molar refractivity (Wildman–Crippen MR) is 119 cm³/mol. The van der Waals surface area contributed by atoms with Crippen molar-refractivity contribution in [2.75, 3.05) is 32.2 Å². The normalized spacial score (nSPS) is 14.8. The van der Waals surface area contributed by atoms with E-state index >= 15 is 0 Å². The molecule has 2 aromatic heterocycles. The molecule has 1 aliphatic heterocycles. The average Bonchev–Trinajstić information content (AvgIpc) is 2.77. The molecule has 0 unspecified atom stereocenters. The van der Waals surface area contributed by atoms with Gasteiger partial charge in [0.15, 0.2) is 0 Å². The fourth-order valence-corrected chi connectivity index (χ4v) is 4.12. The summed E-state index contributed by atoms with van der Waals surface area (Å²) in [7, 11) is 3.32. The van der Waals surface area contributed by atoms with Crippen LogP contribution in [-0.2, 0) is 13.0 Å². The minimum absolute atomic E-state index is 0.0696. The maximum Gasteiger partial charge on any atom is 0.255 e. The smallest absolute Gasteiger partial charge is 0.255 e. The van der Waals surface area contributed by atoms with Crippen molar-refractivity contribution in [3.8, 4) is 22.9 Å². The number of hydrogen-bond acceptors (Lipinski definition) is 7. The second kappa shape index (κ2) is 8.37. The van der Waals surface area contributed by atoms with E-state index in [9.17, 15) is 4.79 Å². The van der Waals surface area contributed by atoms with Crippen LogP contribution in [0.1, 0.15) is 19.4 Å². The Kier molecular flexibility index (Phi) is 5.63. The Morgan fingerprint density at radius 2 is 1.81 bits per heavy atom. The van der Waals surface area contributed by atoms with Crippen LogP contribution in [0, 0.1) is 5.41 Å². The van der Waals surface area contributed by atoms with Gasteiger partial charge in [0.1, 0.15) is 17.8 Å². The van der Waals surface area contributed by atoms with E-state index in [1.54, 1.807) is 37.1 Å². The first-order valence-electron chi connectivity index (χ1n) is 10.2. The number of rotatable bonds is 6. The van der Waals surface area contributed by atoms with Crippen LogP contribution in [0.3, 0.4) is 0 Å². The number of benzene rings is 1. The third kappa shape index (κ3) is 4.23. The summed E-state index contributed by atoms with van der Waals surface area (Å²) in [4.78, 5) is 28.2. The van der Waals surface area contributed by atoms with Gasteiger partial charge in [0.05, 0.1) is 25.6 Å². The lowest BCUT2D eigenvalue weighted by Gasteiger charge is -2.40. The van der Waals surface area contributed by atoms with Gasteiger partial charge in [-0.15, -0.1) is 0 Å². The minimum atomic E-state index is -0.0775. The molecule has 4 rings (SSSR count). The van der Waals surface area contributed by atoms with Gasteiger partial charge in [-0.05, 0) is 24.6 Å². The lowest BCUT2D eigenvalue weighted by atomic mass is 9.90. The molecule has 0 bridgehead atoms. The van der Waals surface area contributed by atoms with Crippen LogP contribution in [0.25, 0.3) is 11.4 Å². The van der Waals surface area contributed by atoms with Crippen LogP contribution < -0.4 is 19.9 Å². The lowest BCUT2D eigenvalue weighted by Crippen LogP contribution is -2.48. The molecule has 0 fully saturated rings. The summed E-state index contributed by atoms with van der Waals surface area (Å²) >= 11 is 0. The van der Waals surface area contributed by atoms with Crippen LogP contribution in [0.5, 0.6) is 11.5 Å². The zero-order valence-corrected chi connectivity index (χ0v) is 18.3. The predicted octanol–water partition coefficient (Wildman–Crippen LogP) is 2.81. The molecule has 0 atom stereocenters. The fourth-order valence-electron chi connectivity index (χ4n) is 4.12. The molecule has 0 saturated heterocycles. The van der Waals surface area contributed by atoms with E-state index in [1.807, 2.05) is 18.2 Å². The SMILES string of the molecule is COc1cccc(OC)c1CCN1CC(C)(C)Cn2c1nc(-c1ccncn1)cc2=O. The van der Waals surface area contributed by atoms with Gasteiger partial charge in [-0.1, -0.05) is 19.9 Å². The molecule has 0 spiro atoms. The number of ether oxygens (including phenoxy) is 2. The largest absolute Gasteiger partial charge is 0.496 e. The molecule has 0 N–H and O–H groups in total. The molecular weight excluding hydrogens is 394 g/mol. The Hall–Kier alpha value is -3.42. The third-order valence-corrected chi connectivity index (χ3v) is 5.48. The van der Waals surface area contributed by atoms with Crippen molar-refractivity contribution >= 4 is 5.95 Å². The van der Waals surface area contributed by atoms with Crippen LogP contribution in [0.4, 0.5) is 5.95 Å². The maximum atomic E-state index is 13.0. The Labute approximate surface area is 181 Å². The molecule has 3 heterocycles. The molecule has 31 heavy (non-hydrogen) atoms. The van der Waals surface area contributed by atoms with Crippen molar-refractivity contribution in [3.63, 3.8) is 0 Å². The molecule has 0 radical (unpaired) electrons. The summed E-state index contributed by atoms with van der Waals surface area (Å²) in [6, 6.07) is 9.09. The Morgan fingerprint density at radius 3 is 2.45 bits per heavy atom. The maximum absolute atomic E-state index is 13.0. The standard InChI is InChI=1S/C23H27N5O3/c1-23(2)13-27(11-9-16-19(30-3)6-5-7-20(16)31-4)22-26-18(12-21(29)28(22)14-23)17-8-10-24-15-25-17/h5-8,10,12,15H,9,11,13-14H2,1-4H3. The average molecular weight is 422 g/mol. The van der Waals surface area contributed by atoms with Gasteiger partial charge in [0.2, 0.25) is 5.95 Å². The summed E-state index contributed by atoms with van der Waals surface area (Å²) < 4.78 is 12.9. The molecule has 3 aromatic rings. The van der Waals surface area contributed by atoms with E-state index in [-0.39, 0.29) is 11.0 Å². The number of methoxy groups -OCH3 is 2. The van der Waals surface area contributed by atoms with E-state index in [0.717, 1.165) is 23.6 Å². The summed E-state index contributed by atoms with van der Waals surface area (Å²) in [5.41, 5.74) is 2.03. The van der Waals surface area contributed by atoms with Crippen molar-refractivity contribution in [1.29, 1.82) is 0 Å².